The molecule has 6 rings (SSSR count). The Balaban J connectivity index is 1.32. The van der Waals surface area contributed by atoms with Gasteiger partial charge in [-0.25, -0.2) is 9.29 Å². The molecule has 0 aliphatic carbocycles. The number of benzene rings is 3. The molecular weight excluding hydrogens is 581 g/mol. The summed E-state index contributed by atoms with van der Waals surface area (Å²) in [7, 11) is 0. The van der Waals surface area contributed by atoms with E-state index in [1.54, 1.807) is 30.3 Å². The molecule has 3 atom stereocenters. The zero-order valence-corrected chi connectivity index (χ0v) is 23.8. The fourth-order valence-corrected chi connectivity index (χ4v) is 7.70. The lowest BCUT2D eigenvalue weighted by Crippen LogP contribution is -2.32. The molecule has 1 saturated heterocycles. The number of para-hydroxylation sites is 1. The Labute approximate surface area is 247 Å². The van der Waals surface area contributed by atoms with Crippen LogP contribution in [-0.2, 0) is 14.4 Å². The second-order valence-corrected chi connectivity index (χ2v) is 11.7. The van der Waals surface area contributed by atoms with E-state index in [2.05, 4.69) is 10.3 Å². The summed E-state index contributed by atoms with van der Waals surface area (Å²) < 4.78 is 25.2. The summed E-state index contributed by atoms with van der Waals surface area (Å²) in [5.74, 6) is -2.46. The van der Waals surface area contributed by atoms with Gasteiger partial charge in [-0.05, 0) is 61.0 Å². The van der Waals surface area contributed by atoms with Crippen molar-refractivity contribution in [2.24, 2.45) is 5.92 Å². The van der Waals surface area contributed by atoms with Crippen molar-refractivity contribution in [3.8, 4) is 11.5 Å². The molecule has 2 aliphatic rings. The Bertz CT molecular complexity index is 1720. The van der Waals surface area contributed by atoms with Crippen LogP contribution in [0.15, 0.2) is 82.6 Å². The molecule has 2 aliphatic heterocycles. The van der Waals surface area contributed by atoms with Gasteiger partial charge in [0.2, 0.25) is 11.8 Å². The van der Waals surface area contributed by atoms with Crippen LogP contribution in [0.2, 0.25) is 0 Å². The highest BCUT2D eigenvalue weighted by molar-refractivity contribution is 8.00. The number of imide groups is 1. The number of aromatic amines is 1. The summed E-state index contributed by atoms with van der Waals surface area (Å²) in [5, 5.41) is 2.50. The van der Waals surface area contributed by atoms with Gasteiger partial charge in [0.15, 0.2) is 18.1 Å². The Morgan fingerprint density at radius 3 is 2.48 bits per heavy atom. The molecule has 3 aromatic carbocycles. The van der Waals surface area contributed by atoms with E-state index in [9.17, 15) is 23.6 Å². The first-order chi connectivity index (χ1) is 20.3. The molecule has 0 bridgehead atoms. The third-order valence-electron chi connectivity index (χ3n) is 6.95. The number of ether oxygens (including phenoxy) is 2. The molecule has 214 valence electrons. The molecule has 42 heavy (non-hydrogen) atoms. The van der Waals surface area contributed by atoms with Crippen molar-refractivity contribution >= 4 is 52.2 Å². The lowest BCUT2D eigenvalue weighted by Gasteiger charge is -2.30. The van der Waals surface area contributed by atoms with Crippen molar-refractivity contribution in [2.45, 2.75) is 23.1 Å². The smallest absolute Gasteiger partial charge is 0.305 e. The average Bonchev–Trinajstić information content (AvgIpc) is 3.47. The number of H-pyrrole nitrogens is 1. The number of fused-ring (bicyclic) bond motifs is 2. The molecule has 0 radical (unpaired) electrons. The molecule has 0 spiro atoms. The van der Waals surface area contributed by atoms with Gasteiger partial charge >= 0.3 is 4.87 Å². The van der Waals surface area contributed by atoms with Crippen LogP contribution in [-0.4, -0.2) is 41.2 Å². The van der Waals surface area contributed by atoms with E-state index in [-0.39, 0.29) is 23.1 Å². The van der Waals surface area contributed by atoms with Gasteiger partial charge in [0.05, 0.1) is 23.2 Å². The summed E-state index contributed by atoms with van der Waals surface area (Å²) in [4.78, 5) is 56.5. The van der Waals surface area contributed by atoms with E-state index in [4.69, 9.17) is 9.47 Å². The molecule has 3 unspecified atom stereocenters. The fourth-order valence-electron chi connectivity index (χ4n) is 5.19. The van der Waals surface area contributed by atoms with Crippen LogP contribution in [0.4, 0.5) is 15.8 Å². The Hall–Kier alpha value is -4.42. The third kappa shape index (κ3) is 5.19. The molecule has 1 aromatic heterocycles. The minimum atomic E-state index is -0.815. The number of carbonyl (C=O) groups is 3. The van der Waals surface area contributed by atoms with Gasteiger partial charge in [0.1, 0.15) is 11.1 Å². The molecule has 9 nitrogen and oxygen atoms in total. The molecular formula is C30H24FN3O6S2. The molecule has 2 N–H and O–H groups in total. The molecule has 3 heterocycles. The van der Waals surface area contributed by atoms with Crippen molar-refractivity contribution in [1.29, 1.82) is 0 Å². The number of amides is 3. The number of aromatic nitrogens is 1. The van der Waals surface area contributed by atoms with E-state index in [0.717, 1.165) is 28.0 Å². The highest BCUT2D eigenvalue weighted by Crippen LogP contribution is 2.53. The van der Waals surface area contributed by atoms with Gasteiger partial charge < -0.3 is 19.8 Å². The largest absolute Gasteiger partial charge is 0.490 e. The number of hydrogen-bond donors (Lipinski definition) is 2. The van der Waals surface area contributed by atoms with Crippen molar-refractivity contribution in [2.75, 3.05) is 23.4 Å². The van der Waals surface area contributed by atoms with E-state index < -0.39 is 34.7 Å². The number of nitrogens with one attached hydrogen (secondary N) is 2. The fraction of sp³-hybridized carbons (Fsp3) is 0.200. The van der Waals surface area contributed by atoms with Gasteiger partial charge in [-0.3, -0.25) is 19.2 Å². The van der Waals surface area contributed by atoms with Crippen LogP contribution in [0.25, 0.3) is 0 Å². The first kappa shape index (κ1) is 27.7. The number of carbonyl (C=O) groups excluding carboxylic acids is 3. The third-order valence-corrected chi connectivity index (χ3v) is 9.35. The highest BCUT2D eigenvalue weighted by atomic mass is 32.2. The van der Waals surface area contributed by atoms with Crippen molar-refractivity contribution < 1.29 is 28.2 Å². The van der Waals surface area contributed by atoms with Crippen LogP contribution < -0.4 is 24.6 Å². The topological polar surface area (TPSA) is 118 Å². The summed E-state index contributed by atoms with van der Waals surface area (Å²) in [5.41, 5.74) is 1.57. The first-order valence-electron chi connectivity index (χ1n) is 13.1. The minimum absolute atomic E-state index is 0.262. The van der Waals surface area contributed by atoms with Gasteiger partial charge in [-0.15, -0.1) is 0 Å². The van der Waals surface area contributed by atoms with Crippen LogP contribution in [0, 0.1) is 11.7 Å². The zero-order chi connectivity index (χ0) is 29.4. The summed E-state index contributed by atoms with van der Waals surface area (Å²) >= 11 is 2.15. The van der Waals surface area contributed by atoms with Crippen LogP contribution >= 0.6 is 23.1 Å². The molecule has 1 fully saturated rings. The van der Waals surface area contributed by atoms with E-state index in [1.165, 1.54) is 24.3 Å². The SMILES string of the molecule is CCOc1cc(C2c3sc(=O)[nH]c3SC3C(=O)N(c4ccc(F)cc4)C(=O)C32)ccc1OCC(=O)Nc1ccccc1. The number of thiazole rings is 1. The second-order valence-electron chi connectivity index (χ2n) is 9.58. The van der Waals surface area contributed by atoms with Crippen LogP contribution in [0.5, 0.6) is 11.5 Å². The van der Waals surface area contributed by atoms with Crippen LogP contribution in [0.1, 0.15) is 23.3 Å². The molecule has 0 saturated carbocycles. The minimum Gasteiger partial charge on any atom is -0.490 e. The highest BCUT2D eigenvalue weighted by Gasteiger charge is 2.56. The van der Waals surface area contributed by atoms with Gasteiger partial charge in [-0.1, -0.05) is 47.4 Å². The van der Waals surface area contributed by atoms with Gasteiger partial charge in [0.25, 0.3) is 5.91 Å². The zero-order valence-electron chi connectivity index (χ0n) is 22.2. The molecule has 3 amide bonds. The van der Waals surface area contributed by atoms with Gasteiger partial charge in [0, 0.05) is 16.5 Å². The monoisotopic (exact) mass is 605 g/mol. The van der Waals surface area contributed by atoms with E-state index >= 15 is 0 Å². The average molecular weight is 606 g/mol. The van der Waals surface area contributed by atoms with Crippen LogP contribution in [0.3, 0.4) is 0 Å². The number of halogens is 1. The summed E-state index contributed by atoms with van der Waals surface area (Å²) in [6, 6.07) is 19.3. The van der Waals surface area contributed by atoms with E-state index in [0.29, 0.717) is 39.3 Å². The predicted octanol–water partition coefficient (Wildman–Crippen LogP) is 4.79. The lowest BCUT2D eigenvalue weighted by atomic mass is 9.83. The lowest BCUT2D eigenvalue weighted by molar-refractivity contribution is -0.122. The quantitative estimate of drug-likeness (QED) is 0.278. The number of anilines is 2. The maximum atomic E-state index is 13.9. The van der Waals surface area contributed by atoms with Crippen molar-refractivity contribution in [3.63, 3.8) is 0 Å². The molecule has 12 heteroatoms. The Kier molecular flexibility index (Phi) is 7.56. The predicted molar refractivity (Wildman–Crippen MR) is 157 cm³/mol. The standard InChI is InChI=1S/C30H24FN3O6S2/c1-2-39-21-14-16(8-13-20(21)40-15-22(35)32-18-6-4-3-5-7-18)23-24-26(41-27-25(23)42-30(38)33-27)29(37)34(28(24)36)19-11-9-17(31)10-12-19/h3-14,23-24,26H,2,15H2,1H3,(H,32,35)(H,33,38). The Morgan fingerprint density at radius 2 is 1.74 bits per heavy atom. The number of nitrogens with zero attached hydrogens (tertiary/aromatic N) is 1. The number of thioether (sulfide) groups is 1. The number of hydrogen-bond acceptors (Lipinski definition) is 8. The first-order valence-corrected chi connectivity index (χ1v) is 14.8. The maximum absolute atomic E-state index is 13.9. The summed E-state index contributed by atoms with van der Waals surface area (Å²) in [6.45, 7) is 1.85. The summed E-state index contributed by atoms with van der Waals surface area (Å²) in [6.07, 6.45) is 0. The molecule has 4 aromatic rings. The van der Waals surface area contributed by atoms with Crippen molar-refractivity contribution in [3.05, 3.63) is 98.7 Å². The van der Waals surface area contributed by atoms with E-state index in [1.807, 2.05) is 25.1 Å². The second kappa shape index (κ2) is 11.5. The van der Waals surface area contributed by atoms with Crippen molar-refractivity contribution in [1.82, 2.24) is 4.98 Å². The van der Waals surface area contributed by atoms with Gasteiger partial charge in [-0.2, -0.15) is 0 Å². The normalized spacial score (nSPS) is 19.3. The maximum Gasteiger partial charge on any atom is 0.305 e. The Morgan fingerprint density at radius 1 is 0.976 bits per heavy atom. The number of rotatable bonds is 8.